The minimum atomic E-state index is -4.56. The highest BCUT2D eigenvalue weighted by molar-refractivity contribution is 5.78. The Kier molecular flexibility index (Phi) is 5.35. The number of halogens is 3. The molecule has 0 saturated carbocycles. The van der Waals surface area contributed by atoms with E-state index in [0.29, 0.717) is 11.5 Å². The van der Waals surface area contributed by atoms with E-state index < -0.39 is 30.8 Å². The van der Waals surface area contributed by atoms with Gasteiger partial charge in [-0.2, -0.15) is 13.2 Å². The quantitative estimate of drug-likeness (QED) is 0.848. The van der Waals surface area contributed by atoms with Gasteiger partial charge >= 0.3 is 6.18 Å². The fraction of sp³-hybridized carbons (Fsp3) is 0.533. The predicted molar refractivity (Wildman–Crippen MR) is 75.5 cm³/mol. The minimum Gasteiger partial charge on any atom is -0.493 e. The number of methoxy groups -OCH3 is 1. The maximum absolute atomic E-state index is 13.1. The summed E-state index contributed by atoms with van der Waals surface area (Å²) in [6.07, 6.45) is -5.67. The second-order valence-electron chi connectivity index (χ2n) is 5.09. The van der Waals surface area contributed by atoms with E-state index in [9.17, 15) is 18.0 Å². The third kappa shape index (κ3) is 4.07. The van der Waals surface area contributed by atoms with Crippen molar-refractivity contribution in [2.24, 2.45) is 0 Å². The van der Waals surface area contributed by atoms with Gasteiger partial charge in [-0.15, -0.1) is 0 Å². The number of morpholine rings is 1. The summed E-state index contributed by atoms with van der Waals surface area (Å²) < 4.78 is 54.9. The number of carbonyl (C=O) groups excluding carboxylic acids is 1. The zero-order valence-electron chi connectivity index (χ0n) is 12.8. The summed E-state index contributed by atoms with van der Waals surface area (Å²) in [5.74, 6) is -0.0374. The number of alkyl halides is 3. The van der Waals surface area contributed by atoms with Crippen LogP contribution in [0.15, 0.2) is 24.3 Å². The number of hydrogen-bond donors (Lipinski definition) is 0. The molecule has 0 aliphatic carbocycles. The van der Waals surface area contributed by atoms with Gasteiger partial charge in [0.1, 0.15) is 0 Å². The molecule has 0 N–H and O–H groups in total. The van der Waals surface area contributed by atoms with Gasteiger partial charge in [0.05, 0.1) is 19.8 Å². The van der Waals surface area contributed by atoms with E-state index in [1.807, 2.05) is 0 Å². The Morgan fingerprint density at radius 2 is 2.00 bits per heavy atom. The average molecular weight is 333 g/mol. The van der Waals surface area contributed by atoms with Crippen LogP contribution in [0.25, 0.3) is 0 Å². The van der Waals surface area contributed by atoms with Gasteiger partial charge in [0, 0.05) is 6.54 Å². The van der Waals surface area contributed by atoms with E-state index in [-0.39, 0.29) is 13.2 Å². The van der Waals surface area contributed by atoms with Crippen LogP contribution in [-0.4, -0.2) is 56.0 Å². The number of carbonyl (C=O) groups is 1. The molecule has 1 aromatic rings. The zero-order valence-corrected chi connectivity index (χ0v) is 12.8. The van der Waals surface area contributed by atoms with Crippen molar-refractivity contribution in [3.05, 3.63) is 24.3 Å². The minimum absolute atomic E-state index is 0.0636. The first-order valence-electron chi connectivity index (χ1n) is 7.08. The Labute approximate surface area is 131 Å². The smallest absolute Gasteiger partial charge is 0.411 e. The van der Waals surface area contributed by atoms with Gasteiger partial charge in [0.25, 0.3) is 5.91 Å². The average Bonchev–Trinajstić information content (AvgIpc) is 2.51. The van der Waals surface area contributed by atoms with E-state index in [2.05, 4.69) is 0 Å². The monoisotopic (exact) mass is 333 g/mol. The summed E-state index contributed by atoms with van der Waals surface area (Å²) in [7, 11) is 1.44. The molecule has 1 saturated heterocycles. The van der Waals surface area contributed by atoms with Crippen LogP contribution < -0.4 is 9.47 Å². The summed E-state index contributed by atoms with van der Waals surface area (Å²) in [5.41, 5.74) is 0. The van der Waals surface area contributed by atoms with Crippen LogP contribution in [0.4, 0.5) is 13.2 Å². The standard InChI is InChI=1S/C15H18F3NO4/c1-10-14(15(16,17)18)19(7-8-22-10)13(20)9-23-12-6-4-3-5-11(12)21-2/h3-6,10,14H,7-9H2,1-2H3/t10-,14-/m0/s1. The van der Waals surface area contributed by atoms with Crippen LogP contribution in [0.1, 0.15) is 6.92 Å². The van der Waals surface area contributed by atoms with Gasteiger partial charge in [0.15, 0.2) is 24.1 Å². The first-order chi connectivity index (χ1) is 10.8. The Morgan fingerprint density at radius 3 is 2.61 bits per heavy atom. The lowest BCUT2D eigenvalue weighted by atomic mass is 10.1. The number of ether oxygens (including phenoxy) is 3. The summed E-state index contributed by atoms with van der Waals surface area (Å²) in [6.45, 7) is 0.745. The molecular weight excluding hydrogens is 315 g/mol. The number of para-hydroxylation sites is 2. The van der Waals surface area contributed by atoms with Crippen molar-refractivity contribution in [3.8, 4) is 11.5 Å². The second-order valence-corrected chi connectivity index (χ2v) is 5.09. The van der Waals surface area contributed by atoms with Crippen molar-refractivity contribution in [1.82, 2.24) is 4.90 Å². The predicted octanol–water partition coefficient (Wildman–Crippen LogP) is 2.25. The van der Waals surface area contributed by atoms with Crippen molar-refractivity contribution in [3.63, 3.8) is 0 Å². The Balaban J connectivity index is 2.06. The Bertz CT molecular complexity index is 550. The first kappa shape index (κ1) is 17.4. The highest BCUT2D eigenvalue weighted by Crippen LogP contribution is 2.31. The molecule has 0 spiro atoms. The van der Waals surface area contributed by atoms with Crippen LogP contribution in [0.3, 0.4) is 0 Å². The molecule has 0 unspecified atom stereocenters. The van der Waals surface area contributed by atoms with Crippen molar-refractivity contribution in [2.45, 2.75) is 25.2 Å². The first-order valence-corrected chi connectivity index (χ1v) is 7.08. The lowest BCUT2D eigenvalue weighted by molar-refractivity contribution is -0.230. The van der Waals surface area contributed by atoms with Crippen molar-refractivity contribution in [1.29, 1.82) is 0 Å². The normalized spacial score (nSPS) is 21.9. The molecule has 0 bridgehead atoms. The summed E-state index contributed by atoms with van der Waals surface area (Å²) in [6, 6.07) is 4.64. The van der Waals surface area contributed by atoms with E-state index in [1.54, 1.807) is 24.3 Å². The lowest BCUT2D eigenvalue weighted by Crippen LogP contribution is -2.60. The molecule has 0 aromatic heterocycles. The maximum atomic E-state index is 13.1. The van der Waals surface area contributed by atoms with Gasteiger partial charge < -0.3 is 19.1 Å². The molecule has 2 rings (SSSR count). The summed E-state index contributed by atoms with van der Waals surface area (Å²) >= 11 is 0. The van der Waals surface area contributed by atoms with Crippen LogP contribution >= 0.6 is 0 Å². The molecular formula is C15H18F3NO4. The molecule has 1 heterocycles. The molecule has 5 nitrogen and oxygen atoms in total. The number of rotatable bonds is 4. The fourth-order valence-corrected chi connectivity index (χ4v) is 2.50. The van der Waals surface area contributed by atoms with Crippen molar-refractivity contribution >= 4 is 5.91 Å². The SMILES string of the molecule is COc1ccccc1OCC(=O)N1CCO[C@@H](C)[C@H]1C(F)(F)F. The van der Waals surface area contributed by atoms with Gasteiger partial charge in [-0.05, 0) is 19.1 Å². The third-order valence-electron chi connectivity index (χ3n) is 3.57. The molecule has 0 radical (unpaired) electrons. The molecule has 1 aliphatic heterocycles. The molecule has 1 aliphatic rings. The number of hydrogen-bond acceptors (Lipinski definition) is 4. The van der Waals surface area contributed by atoms with E-state index in [1.165, 1.54) is 14.0 Å². The number of amides is 1. The highest BCUT2D eigenvalue weighted by atomic mass is 19.4. The van der Waals surface area contributed by atoms with E-state index in [0.717, 1.165) is 4.90 Å². The van der Waals surface area contributed by atoms with Gasteiger partial charge in [-0.25, -0.2) is 0 Å². The van der Waals surface area contributed by atoms with Crippen LogP contribution in [0, 0.1) is 0 Å². The molecule has 1 aromatic carbocycles. The zero-order chi connectivity index (χ0) is 17.0. The van der Waals surface area contributed by atoms with Gasteiger partial charge in [-0.1, -0.05) is 12.1 Å². The van der Waals surface area contributed by atoms with Crippen molar-refractivity contribution < 1.29 is 32.2 Å². The second kappa shape index (κ2) is 7.08. The molecule has 128 valence electrons. The molecule has 8 heteroatoms. The fourth-order valence-electron chi connectivity index (χ4n) is 2.50. The van der Waals surface area contributed by atoms with Crippen LogP contribution in [-0.2, 0) is 9.53 Å². The largest absolute Gasteiger partial charge is 0.493 e. The van der Waals surface area contributed by atoms with Gasteiger partial charge in [0.2, 0.25) is 0 Å². The van der Waals surface area contributed by atoms with Crippen LogP contribution in [0.5, 0.6) is 11.5 Å². The highest BCUT2D eigenvalue weighted by Gasteiger charge is 2.50. The Morgan fingerprint density at radius 1 is 1.35 bits per heavy atom. The number of nitrogens with zero attached hydrogens (tertiary/aromatic N) is 1. The molecule has 23 heavy (non-hydrogen) atoms. The topological polar surface area (TPSA) is 48.0 Å². The van der Waals surface area contributed by atoms with E-state index in [4.69, 9.17) is 14.2 Å². The van der Waals surface area contributed by atoms with Gasteiger partial charge in [-0.3, -0.25) is 4.79 Å². The Hall–Kier alpha value is -1.96. The summed E-state index contributed by atoms with van der Waals surface area (Å²) in [5, 5.41) is 0. The lowest BCUT2D eigenvalue weighted by Gasteiger charge is -2.40. The molecule has 1 fully saturated rings. The third-order valence-corrected chi connectivity index (χ3v) is 3.57. The molecule has 2 atom stereocenters. The maximum Gasteiger partial charge on any atom is 0.411 e. The summed E-state index contributed by atoms with van der Waals surface area (Å²) in [4.78, 5) is 12.9. The number of benzene rings is 1. The van der Waals surface area contributed by atoms with Crippen LogP contribution in [0.2, 0.25) is 0 Å². The van der Waals surface area contributed by atoms with Crippen molar-refractivity contribution in [2.75, 3.05) is 26.9 Å². The van der Waals surface area contributed by atoms with E-state index >= 15 is 0 Å². The molecule has 1 amide bonds.